The highest BCUT2D eigenvalue weighted by Gasteiger charge is 2.22. The summed E-state index contributed by atoms with van der Waals surface area (Å²) >= 11 is 2.27. The third-order valence-corrected chi connectivity index (χ3v) is 15.2. The maximum absolute atomic E-state index is 11.9. The van der Waals surface area contributed by atoms with Crippen molar-refractivity contribution in [3.8, 4) is 17.7 Å². The van der Waals surface area contributed by atoms with Crippen molar-refractivity contribution in [1.29, 1.82) is 5.26 Å². The maximum Gasteiger partial charge on any atom is 0.425 e. The topological polar surface area (TPSA) is 447 Å². The molecule has 3 aromatic heterocycles. The zero-order valence-corrected chi connectivity index (χ0v) is 47.1. The Morgan fingerprint density at radius 1 is 0.750 bits per heavy atom. The van der Waals surface area contributed by atoms with Crippen molar-refractivity contribution in [1.82, 2.24) is 14.4 Å². The molecular weight excluding hydrogens is 1190 g/mol. The molecule has 0 saturated carbocycles. The molecule has 0 saturated heterocycles. The number of nitriles is 1. The van der Waals surface area contributed by atoms with Gasteiger partial charge in [-0.15, -0.1) is 50.0 Å². The van der Waals surface area contributed by atoms with E-state index in [1.807, 2.05) is 0 Å². The summed E-state index contributed by atoms with van der Waals surface area (Å²) in [5.74, 6) is -1.22. The van der Waals surface area contributed by atoms with Crippen LogP contribution in [-0.4, -0.2) is 119 Å². The fourth-order valence-electron chi connectivity index (χ4n) is 7.23. The average Bonchev–Trinajstić information content (AvgIpc) is 4.13. The van der Waals surface area contributed by atoms with Crippen molar-refractivity contribution in [2.24, 2.45) is 30.7 Å². The number of hydrogen-bond acceptors (Lipinski definition) is 25. The van der Waals surface area contributed by atoms with Crippen LogP contribution in [-0.2, 0) is 57.7 Å². The van der Waals surface area contributed by atoms with E-state index in [0.29, 0.717) is 54.3 Å². The van der Waals surface area contributed by atoms with Gasteiger partial charge in [0.15, 0.2) is 11.3 Å². The molecule has 8 aromatic rings. The molecule has 0 spiro atoms. The summed E-state index contributed by atoms with van der Waals surface area (Å²) in [5.41, 5.74) is 3.66. The van der Waals surface area contributed by atoms with Crippen LogP contribution in [0.25, 0.3) is 37.7 Å². The van der Waals surface area contributed by atoms with E-state index in [1.165, 1.54) is 28.7 Å². The molecule has 0 amide bonds. The number of aromatic hydroxyl groups is 1. The monoisotopic (exact) mass is 1230 g/mol. The van der Waals surface area contributed by atoms with E-state index >= 15 is 0 Å². The quantitative estimate of drug-likeness (QED) is 0.0202. The number of azo groups is 3. The summed E-state index contributed by atoms with van der Waals surface area (Å²) in [6.45, 7) is 2.52. The summed E-state index contributed by atoms with van der Waals surface area (Å²) in [5, 5.41) is 59.9. The number of fused-ring (bicyclic) bond motifs is 6. The van der Waals surface area contributed by atoms with E-state index in [1.54, 1.807) is 68.4 Å². The van der Waals surface area contributed by atoms with Gasteiger partial charge in [-0.25, -0.2) is 9.97 Å². The highest BCUT2D eigenvalue weighted by molar-refractivity contribution is 7.99. The number of rotatable bonds is 18. The van der Waals surface area contributed by atoms with Gasteiger partial charge in [0, 0.05) is 27.5 Å². The minimum absolute atomic E-state index is 0.0363. The fraction of sp³-hybridized carbons (Fsp3) is 0.222. The molecule has 0 radical (unpaired) electrons. The van der Waals surface area contributed by atoms with Gasteiger partial charge in [-0.2, -0.15) is 44.0 Å². The first kappa shape index (κ1) is 61.9. The van der Waals surface area contributed by atoms with Crippen LogP contribution in [0.2, 0.25) is 0 Å². The first-order valence-corrected chi connectivity index (χ1v) is 31.6. The normalized spacial score (nSPS) is 12.3. The molecule has 0 aliphatic heterocycles. The molecular formula is C45H42N10O18S7. The lowest BCUT2D eigenvalue weighted by atomic mass is 10.1. The van der Waals surface area contributed by atoms with Crippen LogP contribution >= 0.6 is 23.1 Å². The second-order valence-corrected chi connectivity index (χ2v) is 25.1. The third-order valence-electron chi connectivity index (χ3n) is 10.7. The van der Waals surface area contributed by atoms with Crippen molar-refractivity contribution in [3.63, 3.8) is 0 Å². The second-order valence-electron chi connectivity index (χ2n) is 16.5. The van der Waals surface area contributed by atoms with Gasteiger partial charge >= 0.3 is 10.6 Å². The van der Waals surface area contributed by atoms with Gasteiger partial charge in [-0.1, -0.05) is 35.6 Å². The van der Waals surface area contributed by atoms with Gasteiger partial charge in [0.2, 0.25) is 11.0 Å². The lowest BCUT2D eigenvalue weighted by Gasteiger charge is -2.12. The maximum atomic E-state index is 11.9. The van der Waals surface area contributed by atoms with Gasteiger partial charge < -0.3 is 14.9 Å². The van der Waals surface area contributed by atoms with Crippen molar-refractivity contribution in [3.05, 3.63) is 101 Å². The molecule has 5 aromatic carbocycles. The zero-order valence-electron chi connectivity index (χ0n) is 41.4. The molecule has 0 fully saturated rings. The zero-order chi connectivity index (χ0) is 58.9. The van der Waals surface area contributed by atoms with Crippen LogP contribution in [0.1, 0.15) is 35.1 Å². The molecule has 80 heavy (non-hydrogen) atoms. The molecule has 35 heteroatoms. The molecule has 6 N–H and O–H groups in total. The van der Waals surface area contributed by atoms with Crippen molar-refractivity contribution < 1.29 is 79.5 Å². The number of aryl methyl sites for hydroxylation is 1. The number of para-hydroxylation sites is 2. The van der Waals surface area contributed by atoms with Gasteiger partial charge in [-0.05, 0) is 91.9 Å². The predicted octanol–water partition coefficient (Wildman–Crippen LogP) is 8.96. The Labute approximate surface area is 464 Å². The number of thiazole rings is 1. The number of benzene rings is 5. The minimum Gasteiger partial charge on any atom is -0.493 e. The molecule has 0 atom stereocenters. The number of ether oxygens (including phenoxy) is 1. The second kappa shape index (κ2) is 25.8. The molecule has 8 rings (SSSR count). The van der Waals surface area contributed by atoms with Crippen molar-refractivity contribution in [2.45, 2.75) is 43.1 Å². The van der Waals surface area contributed by atoms with E-state index in [0.717, 1.165) is 23.1 Å². The Hall–Kier alpha value is -7.34. The Morgan fingerprint density at radius 2 is 1.38 bits per heavy atom. The van der Waals surface area contributed by atoms with Crippen LogP contribution in [0.4, 0.5) is 33.6 Å². The Bertz CT molecular complexity index is 4440. The number of imidazole rings is 1. The van der Waals surface area contributed by atoms with Crippen molar-refractivity contribution in [2.75, 3.05) is 30.1 Å². The van der Waals surface area contributed by atoms with Gasteiger partial charge in [0.05, 0.1) is 74.2 Å². The summed E-state index contributed by atoms with van der Waals surface area (Å²) in [4.78, 5) is 9.16. The highest BCUT2D eigenvalue weighted by Crippen LogP contribution is 2.43. The van der Waals surface area contributed by atoms with E-state index in [2.05, 4.69) is 46.7 Å². The van der Waals surface area contributed by atoms with Crippen LogP contribution in [0.5, 0.6) is 11.6 Å². The number of aliphatic hydroxyl groups is 1. The molecule has 422 valence electrons. The number of hydrogen-bond donors (Lipinski definition) is 6. The van der Waals surface area contributed by atoms with Crippen LogP contribution in [0.15, 0.2) is 119 Å². The Balaban J connectivity index is 0.00000106. The standard InChI is InChI=1S/C44H38N10O12S5.CH4O3S.O3S/c1-24-17-35(50-52-40-25(2)30(22-45)42-46-31-7-3-4-8-37(31)54(42)43(40)56)38(66-13-5-15-69(57,58)59)20-33(24)48-51-36-18-27(23-55)34(21-39(36)67-14-6-16-70(60,61)62)49-53-44-47-32-12-10-26-9-11-28(71(63,64)65)19-29(26)41(32)68-44;1-5(2,3)4;1-4(2)3/h3-4,7-12,17-21,55-56H,5-6,13-16,23H2,1-2H3,(H,57,58,59)(H,60,61,62)(H,63,64,65);1H3,(H,2,3,4);. The number of nitrogens with zero attached hydrogens (tertiary/aromatic N) is 10. The lowest BCUT2D eigenvalue weighted by molar-refractivity contribution is 0.282. The number of aromatic nitrogens is 3. The van der Waals surface area contributed by atoms with E-state index in [9.17, 15) is 62.8 Å². The third kappa shape index (κ3) is 16.8. The molecule has 3 heterocycles. The Morgan fingerprint density at radius 3 is 2.02 bits per heavy atom. The van der Waals surface area contributed by atoms with Gasteiger partial charge in [-0.3, -0.25) is 22.6 Å². The largest absolute Gasteiger partial charge is 0.493 e. The fourth-order valence-corrected chi connectivity index (χ4v) is 10.8. The predicted molar refractivity (Wildman–Crippen MR) is 292 cm³/mol. The van der Waals surface area contributed by atoms with Crippen molar-refractivity contribution >= 4 is 145 Å². The van der Waals surface area contributed by atoms with Gasteiger partial charge in [0.25, 0.3) is 40.5 Å². The molecule has 28 nitrogen and oxygen atoms in total. The number of pyridine rings is 1. The number of thioether (sulfide) groups is 1. The van der Waals surface area contributed by atoms with E-state index < -0.39 is 69.2 Å². The summed E-state index contributed by atoms with van der Waals surface area (Å²) in [6, 6.07) is 22.8. The molecule has 0 unspecified atom stereocenters. The molecule has 0 aliphatic carbocycles. The molecule has 0 bridgehead atoms. The Kier molecular flexibility index (Phi) is 20.0. The SMILES string of the molecule is CS(=O)(=O)O.Cc1cc(N=Nc2c(C)c(C#N)c3nc4ccccc4n3c2O)c(OCCCS(=O)(=O)O)cc1N=Nc1cc(CO)c(N=Nc2nc3ccc4ccc(S(=O)(=O)O)cc4c3s2)cc1SCCCS(=O)(=O)O.O=S(=O)=O. The van der Waals surface area contributed by atoms with E-state index in [4.69, 9.17) is 21.9 Å². The summed E-state index contributed by atoms with van der Waals surface area (Å²) < 4.78 is 157. The first-order valence-electron chi connectivity index (χ1n) is 22.3. The summed E-state index contributed by atoms with van der Waals surface area (Å²) in [7, 11) is -19.8. The smallest absolute Gasteiger partial charge is 0.425 e. The first-order chi connectivity index (χ1) is 37.4. The minimum atomic E-state index is -4.49. The molecule has 0 aliphatic rings. The number of aliphatic hydroxyl groups excluding tert-OH is 1. The summed E-state index contributed by atoms with van der Waals surface area (Å²) in [6.07, 6.45) is 0.648. The van der Waals surface area contributed by atoms with Crippen LogP contribution in [0.3, 0.4) is 0 Å². The average molecular weight is 1240 g/mol. The highest BCUT2D eigenvalue weighted by atomic mass is 32.2. The van der Waals surface area contributed by atoms with E-state index in [-0.39, 0.29) is 92.1 Å². The van der Waals surface area contributed by atoms with Crippen LogP contribution in [0, 0.1) is 25.2 Å². The lowest BCUT2D eigenvalue weighted by Crippen LogP contribution is -2.08. The van der Waals surface area contributed by atoms with Gasteiger partial charge in [0.1, 0.15) is 23.1 Å². The van der Waals surface area contributed by atoms with Crippen LogP contribution < -0.4 is 4.74 Å².